The first-order chi connectivity index (χ1) is 16.6. The standard InChI is InChI=1S/C27H32Cl2FN3O3/c1-25(2,3)36-24(35)33-12-11-27(15-33,21-20(30)10-9-19(28)22(21)29)31-16-7-8-18-17(13-16)23(34)32(6)14-26(18,4)5/h7-10,13,31H,11-12,14-15H2,1-6H3/t27-/m0/s1. The van der Waals surface area contributed by atoms with Crippen molar-refractivity contribution in [2.75, 3.05) is 32.0 Å². The zero-order chi connectivity index (χ0) is 26.6. The van der Waals surface area contributed by atoms with E-state index in [-0.39, 0.29) is 33.5 Å². The van der Waals surface area contributed by atoms with Crippen molar-refractivity contribution in [3.63, 3.8) is 0 Å². The van der Waals surface area contributed by atoms with Gasteiger partial charge in [-0.3, -0.25) is 4.79 Å². The average Bonchev–Trinajstić information content (AvgIpc) is 3.18. The predicted octanol–water partition coefficient (Wildman–Crippen LogP) is 6.44. The molecule has 0 aliphatic carbocycles. The van der Waals surface area contributed by atoms with Gasteiger partial charge in [0.05, 0.1) is 22.1 Å². The molecule has 6 nitrogen and oxygen atoms in total. The van der Waals surface area contributed by atoms with Gasteiger partial charge in [-0.05, 0) is 57.0 Å². The fourth-order valence-corrected chi connectivity index (χ4v) is 5.74. The van der Waals surface area contributed by atoms with Crippen LogP contribution >= 0.6 is 23.2 Å². The molecule has 4 rings (SSSR count). The van der Waals surface area contributed by atoms with E-state index in [9.17, 15) is 9.59 Å². The Bertz CT molecular complexity index is 1230. The summed E-state index contributed by atoms with van der Waals surface area (Å²) in [4.78, 5) is 29.1. The summed E-state index contributed by atoms with van der Waals surface area (Å²) in [6.45, 7) is 10.6. The third-order valence-electron chi connectivity index (χ3n) is 6.79. The highest BCUT2D eigenvalue weighted by Gasteiger charge is 2.46. The van der Waals surface area contributed by atoms with Gasteiger partial charge in [0.15, 0.2) is 0 Å². The molecule has 2 amide bonds. The Kier molecular flexibility index (Phi) is 6.71. The van der Waals surface area contributed by atoms with Crippen molar-refractivity contribution in [1.29, 1.82) is 0 Å². The summed E-state index contributed by atoms with van der Waals surface area (Å²) in [6, 6.07) is 8.30. The molecular formula is C27H32Cl2FN3O3. The molecule has 1 fully saturated rings. The summed E-state index contributed by atoms with van der Waals surface area (Å²) in [7, 11) is 1.78. The van der Waals surface area contributed by atoms with E-state index in [1.165, 1.54) is 17.0 Å². The molecule has 2 aliphatic rings. The lowest BCUT2D eigenvalue weighted by Crippen LogP contribution is -2.45. The average molecular weight is 536 g/mol. The first-order valence-corrected chi connectivity index (χ1v) is 12.7. The van der Waals surface area contributed by atoms with Gasteiger partial charge in [0.1, 0.15) is 11.4 Å². The fraction of sp³-hybridized carbons (Fsp3) is 0.481. The Morgan fingerprint density at radius 3 is 2.50 bits per heavy atom. The minimum atomic E-state index is -1.09. The number of carbonyl (C=O) groups is 2. The zero-order valence-electron chi connectivity index (χ0n) is 21.5. The number of anilines is 1. The SMILES string of the molecule is CN1CC(C)(C)c2ccc(N[C@@]3(c4c(F)ccc(Cl)c4Cl)CCN(C(=O)OC(C)(C)C)C3)cc2C1=O. The smallest absolute Gasteiger partial charge is 0.410 e. The summed E-state index contributed by atoms with van der Waals surface area (Å²) in [5.41, 5.74) is 0.381. The quantitative estimate of drug-likeness (QED) is 0.459. The monoisotopic (exact) mass is 535 g/mol. The lowest BCUT2D eigenvalue weighted by molar-refractivity contribution is 0.0286. The van der Waals surface area contributed by atoms with Crippen LogP contribution in [0.25, 0.3) is 0 Å². The van der Waals surface area contributed by atoms with Gasteiger partial charge in [0.25, 0.3) is 5.91 Å². The molecule has 2 heterocycles. The summed E-state index contributed by atoms with van der Waals surface area (Å²) in [5.74, 6) is -0.603. The van der Waals surface area contributed by atoms with Crippen LogP contribution in [-0.2, 0) is 15.7 Å². The molecule has 9 heteroatoms. The number of hydrogen-bond donors (Lipinski definition) is 1. The number of rotatable bonds is 3. The number of halogens is 3. The highest BCUT2D eigenvalue weighted by molar-refractivity contribution is 6.42. The van der Waals surface area contributed by atoms with Crippen molar-refractivity contribution in [2.24, 2.45) is 0 Å². The third-order valence-corrected chi connectivity index (χ3v) is 7.59. The fourth-order valence-electron chi connectivity index (χ4n) is 5.25. The van der Waals surface area contributed by atoms with Gasteiger partial charge >= 0.3 is 6.09 Å². The predicted molar refractivity (Wildman–Crippen MR) is 141 cm³/mol. The highest BCUT2D eigenvalue weighted by Crippen LogP contribution is 2.44. The molecule has 0 bridgehead atoms. The normalized spacial score (nSPS) is 21.4. The number of amides is 2. The van der Waals surface area contributed by atoms with Gasteiger partial charge in [-0.15, -0.1) is 0 Å². The van der Waals surface area contributed by atoms with Crippen LogP contribution < -0.4 is 5.32 Å². The molecule has 1 atom stereocenters. The zero-order valence-corrected chi connectivity index (χ0v) is 23.0. The molecule has 36 heavy (non-hydrogen) atoms. The Labute approximate surface area is 221 Å². The molecule has 2 aromatic carbocycles. The molecule has 1 saturated heterocycles. The lowest BCUT2D eigenvalue weighted by atomic mass is 9.78. The maximum absolute atomic E-state index is 15.3. The van der Waals surface area contributed by atoms with E-state index >= 15 is 4.39 Å². The number of likely N-dealkylation sites (N-methyl/N-ethyl adjacent to an activating group) is 1. The van der Waals surface area contributed by atoms with E-state index in [1.807, 2.05) is 12.1 Å². The summed E-state index contributed by atoms with van der Waals surface area (Å²) >= 11 is 12.9. The summed E-state index contributed by atoms with van der Waals surface area (Å²) in [6.07, 6.45) is -0.131. The summed E-state index contributed by atoms with van der Waals surface area (Å²) in [5, 5.41) is 3.74. The van der Waals surface area contributed by atoms with Crippen LogP contribution in [-0.4, -0.2) is 54.1 Å². The number of nitrogens with one attached hydrogen (secondary N) is 1. The molecule has 2 aromatic rings. The Hall–Kier alpha value is -2.51. The van der Waals surface area contributed by atoms with Crippen LogP contribution in [0.15, 0.2) is 30.3 Å². The van der Waals surface area contributed by atoms with Crippen molar-refractivity contribution in [3.8, 4) is 0 Å². The van der Waals surface area contributed by atoms with Crippen LogP contribution in [0.5, 0.6) is 0 Å². The molecule has 2 aliphatic heterocycles. The van der Waals surface area contributed by atoms with E-state index in [4.69, 9.17) is 27.9 Å². The van der Waals surface area contributed by atoms with Crippen molar-refractivity contribution in [2.45, 2.75) is 57.6 Å². The first kappa shape index (κ1) is 26.6. The number of hydrogen-bond acceptors (Lipinski definition) is 4. The van der Waals surface area contributed by atoms with Gasteiger partial charge in [-0.25, -0.2) is 9.18 Å². The van der Waals surface area contributed by atoms with Crippen molar-refractivity contribution >= 4 is 40.9 Å². The summed E-state index contributed by atoms with van der Waals surface area (Å²) < 4.78 is 20.9. The van der Waals surface area contributed by atoms with Crippen LogP contribution in [0.3, 0.4) is 0 Å². The number of nitrogens with zero attached hydrogens (tertiary/aromatic N) is 2. The van der Waals surface area contributed by atoms with E-state index in [1.54, 1.807) is 38.8 Å². The molecule has 0 aromatic heterocycles. The molecule has 1 N–H and O–H groups in total. The van der Waals surface area contributed by atoms with Crippen LogP contribution in [0, 0.1) is 5.82 Å². The third kappa shape index (κ3) is 4.88. The highest BCUT2D eigenvalue weighted by atomic mass is 35.5. The van der Waals surface area contributed by atoms with E-state index < -0.39 is 23.1 Å². The largest absolute Gasteiger partial charge is 0.444 e. The van der Waals surface area contributed by atoms with Gasteiger partial charge in [-0.2, -0.15) is 0 Å². The molecule has 0 spiro atoms. The Morgan fingerprint density at radius 2 is 1.83 bits per heavy atom. The molecule has 0 saturated carbocycles. The number of likely N-dealkylation sites (tertiary alicyclic amines) is 1. The van der Waals surface area contributed by atoms with Gasteiger partial charge < -0.3 is 19.9 Å². The van der Waals surface area contributed by atoms with Gasteiger partial charge in [0.2, 0.25) is 0 Å². The Balaban J connectivity index is 1.78. The maximum atomic E-state index is 15.3. The number of carbonyl (C=O) groups excluding carboxylic acids is 2. The minimum Gasteiger partial charge on any atom is -0.444 e. The second-order valence-electron chi connectivity index (χ2n) is 11.4. The molecule has 0 radical (unpaired) electrons. The van der Waals surface area contributed by atoms with Crippen molar-refractivity contribution in [3.05, 3.63) is 62.9 Å². The van der Waals surface area contributed by atoms with Gasteiger partial charge in [-0.1, -0.05) is 43.1 Å². The number of ether oxygens (including phenoxy) is 1. The topological polar surface area (TPSA) is 61.9 Å². The van der Waals surface area contributed by atoms with Crippen LogP contribution in [0.1, 0.15) is 62.5 Å². The molecular weight excluding hydrogens is 504 g/mol. The van der Waals surface area contributed by atoms with Crippen LogP contribution in [0.2, 0.25) is 10.0 Å². The molecule has 194 valence electrons. The van der Waals surface area contributed by atoms with Crippen molar-refractivity contribution < 1.29 is 18.7 Å². The van der Waals surface area contributed by atoms with E-state index in [2.05, 4.69) is 19.2 Å². The second-order valence-corrected chi connectivity index (χ2v) is 12.2. The number of benzene rings is 2. The molecule has 0 unspecified atom stereocenters. The van der Waals surface area contributed by atoms with E-state index in [0.29, 0.717) is 30.8 Å². The van der Waals surface area contributed by atoms with E-state index in [0.717, 1.165) is 5.56 Å². The second kappa shape index (κ2) is 9.10. The van der Waals surface area contributed by atoms with Crippen molar-refractivity contribution in [1.82, 2.24) is 9.80 Å². The van der Waals surface area contributed by atoms with Gasteiger partial charge in [0, 0.05) is 42.4 Å². The van der Waals surface area contributed by atoms with Crippen LogP contribution in [0.4, 0.5) is 14.9 Å². The number of fused-ring (bicyclic) bond motifs is 1. The maximum Gasteiger partial charge on any atom is 0.410 e. The Morgan fingerprint density at radius 1 is 1.14 bits per heavy atom. The lowest BCUT2D eigenvalue weighted by Gasteiger charge is -2.38. The first-order valence-electron chi connectivity index (χ1n) is 11.9. The minimum absolute atomic E-state index is 0.0733.